The largest absolute Gasteiger partial charge is 0.480 e. The van der Waals surface area contributed by atoms with E-state index in [1.165, 1.54) is 0 Å². The van der Waals surface area contributed by atoms with E-state index >= 15 is 0 Å². The highest BCUT2D eigenvalue weighted by atomic mass is 35.5. The maximum atomic E-state index is 12.4. The van der Waals surface area contributed by atoms with Crippen molar-refractivity contribution in [1.29, 1.82) is 0 Å². The number of hydrogen-bond donors (Lipinski definition) is 1. The van der Waals surface area contributed by atoms with Crippen LogP contribution in [0, 0.1) is 5.92 Å². The summed E-state index contributed by atoms with van der Waals surface area (Å²) in [4.78, 5) is 27.1. The predicted octanol–water partition coefficient (Wildman–Crippen LogP) is 2.49. The Morgan fingerprint density at radius 3 is 2.70 bits per heavy atom. The Hall–Kier alpha value is -1.59. The molecule has 1 amide bonds. The number of nitrogens with zero attached hydrogens (tertiary/aromatic N) is 2. The van der Waals surface area contributed by atoms with Crippen LogP contribution in [0.15, 0.2) is 24.3 Å². The van der Waals surface area contributed by atoms with Gasteiger partial charge < -0.3 is 10.0 Å². The molecule has 0 saturated carbocycles. The molecule has 6 heteroatoms. The molecule has 0 spiro atoms. The van der Waals surface area contributed by atoms with Crippen molar-refractivity contribution in [3.63, 3.8) is 0 Å². The lowest BCUT2D eigenvalue weighted by atomic mass is 10.0. The van der Waals surface area contributed by atoms with Crippen molar-refractivity contribution in [3.8, 4) is 0 Å². The molecule has 1 aliphatic heterocycles. The van der Waals surface area contributed by atoms with Crippen molar-refractivity contribution in [2.45, 2.75) is 25.8 Å². The molecule has 1 aromatic carbocycles. The fraction of sp³-hybridized carbons (Fsp3) is 0.529. The SMILES string of the molecule is CN1CCCCC(CN(CC(=O)O)Cc2ccc(Cl)cc2)C1=O. The zero-order valence-corrected chi connectivity index (χ0v) is 14.1. The standard InChI is InChI=1S/C17H23ClN2O3/c1-19-9-3-2-4-14(17(19)23)11-20(12-16(21)22)10-13-5-7-15(18)8-6-13/h5-8,14H,2-4,9-12H2,1H3,(H,21,22). The Morgan fingerprint density at radius 2 is 2.04 bits per heavy atom. The van der Waals surface area contributed by atoms with Gasteiger partial charge in [0.15, 0.2) is 0 Å². The van der Waals surface area contributed by atoms with Gasteiger partial charge in [-0.1, -0.05) is 30.2 Å². The number of halogens is 1. The molecule has 2 rings (SSSR count). The molecule has 1 saturated heterocycles. The molecule has 126 valence electrons. The van der Waals surface area contributed by atoms with Gasteiger partial charge in [-0.15, -0.1) is 0 Å². The molecule has 0 aliphatic carbocycles. The summed E-state index contributed by atoms with van der Waals surface area (Å²) in [6.45, 7) is 1.68. The fourth-order valence-corrected chi connectivity index (χ4v) is 3.12. The smallest absolute Gasteiger partial charge is 0.317 e. The molecule has 23 heavy (non-hydrogen) atoms. The normalized spacial score (nSPS) is 19.0. The van der Waals surface area contributed by atoms with E-state index in [1.807, 2.05) is 24.1 Å². The number of rotatable bonds is 6. The lowest BCUT2D eigenvalue weighted by Gasteiger charge is -2.27. The molecule has 1 atom stereocenters. The minimum atomic E-state index is -0.881. The molecule has 0 aromatic heterocycles. The second-order valence-corrected chi connectivity index (χ2v) is 6.58. The molecule has 1 unspecified atom stereocenters. The van der Waals surface area contributed by atoms with Crippen molar-refractivity contribution < 1.29 is 14.7 Å². The first-order valence-electron chi connectivity index (χ1n) is 7.89. The minimum Gasteiger partial charge on any atom is -0.480 e. The zero-order chi connectivity index (χ0) is 16.8. The van der Waals surface area contributed by atoms with Crippen LogP contribution in [0.4, 0.5) is 0 Å². The molecular formula is C17H23ClN2O3. The van der Waals surface area contributed by atoms with Crippen LogP contribution in [0.5, 0.6) is 0 Å². The third-order valence-corrected chi connectivity index (χ3v) is 4.43. The number of benzene rings is 1. The van der Waals surface area contributed by atoms with Crippen LogP contribution in [-0.4, -0.2) is 53.5 Å². The third-order valence-electron chi connectivity index (χ3n) is 4.18. The maximum absolute atomic E-state index is 12.4. The Morgan fingerprint density at radius 1 is 1.35 bits per heavy atom. The van der Waals surface area contributed by atoms with Crippen molar-refractivity contribution in [2.75, 3.05) is 26.7 Å². The van der Waals surface area contributed by atoms with Gasteiger partial charge in [0.2, 0.25) is 5.91 Å². The Kier molecular flexibility index (Phi) is 6.42. The van der Waals surface area contributed by atoms with Crippen LogP contribution in [0.3, 0.4) is 0 Å². The van der Waals surface area contributed by atoms with Gasteiger partial charge in [0.25, 0.3) is 0 Å². The summed E-state index contributed by atoms with van der Waals surface area (Å²) in [5.74, 6) is -0.892. The molecular weight excluding hydrogens is 316 g/mol. The maximum Gasteiger partial charge on any atom is 0.317 e. The summed E-state index contributed by atoms with van der Waals surface area (Å²) in [7, 11) is 1.82. The van der Waals surface area contributed by atoms with Gasteiger partial charge >= 0.3 is 5.97 Å². The van der Waals surface area contributed by atoms with Crippen LogP contribution in [0.2, 0.25) is 5.02 Å². The second kappa shape index (κ2) is 8.31. The average Bonchev–Trinajstić information content (AvgIpc) is 2.64. The highest BCUT2D eigenvalue weighted by Gasteiger charge is 2.27. The lowest BCUT2D eigenvalue weighted by Crippen LogP contribution is -2.40. The molecule has 0 radical (unpaired) electrons. The van der Waals surface area contributed by atoms with E-state index in [1.54, 1.807) is 17.0 Å². The van der Waals surface area contributed by atoms with E-state index in [0.29, 0.717) is 18.1 Å². The first kappa shape index (κ1) is 17.8. The van der Waals surface area contributed by atoms with Crippen molar-refractivity contribution >= 4 is 23.5 Å². The number of carboxylic acid groups (broad SMARTS) is 1. The monoisotopic (exact) mass is 338 g/mol. The van der Waals surface area contributed by atoms with Gasteiger partial charge in [-0.05, 0) is 30.5 Å². The number of carboxylic acids is 1. The van der Waals surface area contributed by atoms with E-state index in [2.05, 4.69) is 0 Å². The predicted molar refractivity (Wildman–Crippen MR) is 89.3 cm³/mol. The second-order valence-electron chi connectivity index (χ2n) is 6.14. The lowest BCUT2D eigenvalue weighted by molar-refractivity contribution is -0.140. The first-order chi connectivity index (χ1) is 11.0. The number of hydrogen-bond acceptors (Lipinski definition) is 3. The molecule has 1 aliphatic rings. The highest BCUT2D eigenvalue weighted by Crippen LogP contribution is 2.19. The Bertz CT molecular complexity index is 547. The van der Waals surface area contributed by atoms with Crippen LogP contribution in [-0.2, 0) is 16.1 Å². The quantitative estimate of drug-likeness (QED) is 0.865. The Balaban J connectivity index is 2.06. The molecule has 1 heterocycles. The van der Waals surface area contributed by atoms with E-state index < -0.39 is 5.97 Å². The summed E-state index contributed by atoms with van der Waals surface area (Å²) in [5, 5.41) is 9.80. The molecule has 1 aromatic rings. The van der Waals surface area contributed by atoms with E-state index in [4.69, 9.17) is 16.7 Å². The third kappa shape index (κ3) is 5.52. The molecule has 1 N–H and O–H groups in total. The molecule has 5 nitrogen and oxygen atoms in total. The number of likely N-dealkylation sites (tertiary alicyclic amines) is 1. The molecule has 1 fully saturated rings. The highest BCUT2D eigenvalue weighted by molar-refractivity contribution is 6.30. The zero-order valence-electron chi connectivity index (χ0n) is 13.4. The Labute approximate surface area is 141 Å². The van der Waals surface area contributed by atoms with Gasteiger partial charge in [-0.3, -0.25) is 14.5 Å². The van der Waals surface area contributed by atoms with Crippen LogP contribution in [0.1, 0.15) is 24.8 Å². The summed E-state index contributed by atoms with van der Waals surface area (Å²) < 4.78 is 0. The van der Waals surface area contributed by atoms with Crippen molar-refractivity contribution in [2.24, 2.45) is 5.92 Å². The van der Waals surface area contributed by atoms with Gasteiger partial charge in [0.1, 0.15) is 0 Å². The van der Waals surface area contributed by atoms with Gasteiger partial charge in [0, 0.05) is 31.7 Å². The van der Waals surface area contributed by atoms with E-state index in [0.717, 1.165) is 31.4 Å². The van der Waals surface area contributed by atoms with E-state index in [-0.39, 0.29) is 18.4 Å². The minimum absolute atomic E-state index is 0.0733. The summed E-state index contributed by atoms with van der Waals surface area (Å²) in [6.07, 6.45) is 2.83. The number of aliphatic carboxylic acids is 1. The summed E-state index contributed by atoms with van der Waals surface area (Å²) >= 11 is 5.88. The van der Waals surface area contributed by atoms with Gasteiger partial charge in [0.05, 0.1) is 12.5 Å². The average molecular weight is 339 g/mol. The number of carbonyl (C=O) groups is 2. The van der Waals surface area contributed by atoms with Gasteiger partial charge in [-0.25, -0.2) is 0 Å². The summed E-state index contributed by atoms with van der Waals surface area (Å²) in [6, 6.07) is 7.36. The fourth-order valence-electron chi connectivity index (χ4n) is 2.99. The summed E-state index contributed by atoms with van der Waals surface area (Å²) in [5.41, 5.74) is 0.991. The van der Waals surface area contributed by atoms with Crippen LogP contribution >= 0.6 is 11.6 Å². The van der Waals surface area contributed by atoms with Gasteiger partial charge in [-0.2, -0.15) is 0 Å². The van der Waals surface area contributed by atoms with Crippen molar-refractivity contribution in [1.82, 2.24) is 9.80 Å². The van der Waals surface area contributed by atoms with Crippen LogP contribution < -0.4 is 0 Å². The number of amides is 1. The number of carbonyl (C=O) groups excluding carboxylic acids is 1. The van der Waals surface area contributed by atoms with Crippen molar-refractivity contribution in [3.05, 3.63) is 34.9 Å². The van der Waals surface area contributed by atoms with E-state index in [9.17, 15) is 9.59 Å². The molecule has 0 bridgehead atoms. The topological polar surface area (TPSA) is 60.9 Å². The first-order valence-corrected chi connectivity index (χ1v) is 8.27. The van der Waals surface area contributed by atoms with Crippen LogP contribution in [0.25, 0.3) is 0 Å².